The largest absolute Gasteiger partial charge is 0.493 e. The van der Waals surface area contributed by atoms with E-state index in [2.05, 4.69) is 13.0 Å². The minimum absolute atomic E-state index is 0.00898. The summed E-state index contributed by atoms with van der Waals surface area (Å²) in [4.78, 5) is 14.8. The summed E-state index contributed by atoms with van der Waals surface area (Å²) in [6.07, 6.45) is 0.968. The molecule has 1 aliphatic rings. The molecule has 1 atom stereocenters. The van der Waals surface area contributed by atoms with E-state index in [1.165, 1.54) is 5.56 Å². The van der Waals surface area contributed by atoms with Crippen LogP contribution in [0.4, 0.5) is 5.69 Å². The maximum absolute atomic E-state index is 13.0. The summed E-state index contributed by atoms with van der Waals surface area (Å²) < 4.78 is 10.5. The second-order valence-electron chi connectivity index (χ2n) is 5.78. The minimum Gasteiger partial charge on any atom is -0.493 e. The van der Waals surface area contributed by atoms with Gasteiger partial charge in [0.05, 0.1) is 14.2 Å². The number of hydrogen-bond acceptors (Lipinski definition) is 3. The number of para-hydroxylation sites is 1. The summed E-state index contributed by atoms with van der Waals surface area (Å²) in [5.41, 5.74) is 2.84. The maximum Gasteiger partial charge on any atom is 0.258 e. The Morgan fingerprint density at radius 1 is 1.09 bits per heavy atom. The van der Waals surface area contributed by atoms with E-state index in [-0.39, 0.29) is 5.91 Å². The molecule has 2 aromatic rings. The van der Waals surface area contributed by atoms with Crippen LogP contribution in [0.5, 0.6) is 11.5 Å². The van der Waals surface area contributed by atoms with Gasteiger partial charge in [-0.3, -0.25) is 4.79 Å². The molecule has 23 heavy (non-hydrogen) atoms. The van der Waals surface area contributed by atoms with Crippen LogP contribution in [-0.2, 0) is 0 Å². The van der Waals surface area contributed by atoms with Crippen molar-refractivity contribution in [1.82, 2.24) is 0 Å². The van der Waals surface area contributed by atoms with E-state index >= 15 is 0 Å². The standard InChI is InChI=1S/C19H21NO3/c1-13-10-11-20(16-7-5-4-6-15(13)16)19(21)14-8-9-17(22-2)18(12-14)23-3/h4-9,12-13H,10-11H2,1-3H3. The Kier molecular flexibility index (Phi) is 4.24. The summed E-state index contributed by atoms with van der Waals surface area (Å²) in [6.45, 7) is 2.93. The molecule has 120 valence electrons. The summed E-state index contributed by atoms with van der Waals surface area (Å²) >= 11 is 0. The average molecular weight is 311 g/mol. The zero-order valence-corrected chi connectivity index (χ0v) is 13.7. The molecule has 3 rings (SSSR count). The van der Waals surface area contributed by atoms with Gasteiger partial charge in [0.25, 0.3) is 5.91 Å². The Balaban J connectivity index is 1.97. The van der Waals surface area contributed by atoms with Gasteiger partial charge in [0.1, 0.15) is 0 Å². The second kappa shape index (κ2) is 6.32. The fourth-order valence-corrected chi connectivity index (χ4v) is 3.08. The van der Waals surface area contributed by atoms with Crippen LogP contribution in [0, 0.1) is 0 Å². The number of carbonyl (C=O) groups excluding carboxylic acids is 1. The number of anilines is 1. The summed E-state index contributed by atoms with van der Waals surface area (Å²) in [6, 6.07) is 13.4. The van der Waals surface area contributed by atoms with Gasteiger partial charge in [-0.15, -0.1) is 0 Å². The quantitative estimate of drug-likeness (QED) is 0.864. The first kappa shape index (κ1) is 15.4. The lowest BCUT2D eigenvalue weighted by molar-refractivity contribution is 0.0984. The monoisotopic (exact) mass is 311 g/mol. The van der Waals surface area contributed by atoms with Gasteiger partial charge in [0.15, 0.2) is 11.5 Å². The van der Waals surface area contributed by atoms with Gasteiger partial charge in [0, 0.05) is 17.8 Å². The molecule has 1 unspecified atom stereocenters. The zero-order chi connectivity index (χ0) is 16.4. The van der Waals surface area contributed by atoms with Crippen molar-refractivity contribution in [3.63, 3.8) is 0 Å². The molecule has 0 N–H and O–H groups in total. The third kappa shape index (κ3) is 2.77. The van der Waals surface area contributed by atoms with Crippen molar-refractivity contribution in [1.29, 1.82) is 0 Å². The first-order valence-corrected chi connectivity index (χ1v) is 7.78. The van der Waals surface area contributed by atoms with Gasteiger partial charge in [-0.2, -0.15) is 0 Å². The predicted molar refractivity (Wildman–Crippen MR) is 90.7 cm³/mol. The van der Waals surface area contributed by atoms with Crippen LogP contribution in [0.2, 0.25) is 0 Å². The van der Waals surface area contributed by atoms with Gasteiger partial charge < -0.3 is 14.4 Å². The Bertz CT molecular complexity index is 726. The molecular formula is C19H21NO3. The normalized spacial score (nSPS) is 16.7. The van der Waals surface area contributed by atoms with Crippen molar-refractivity contribution in [2.24, 2.45) is 0 Å². The van der Waals surface area contributed by atoms with Gasteiger partial charge >= 0.3 is 0 Å². The number of hydrogen-bond donors (Lipinski definition) is 0. The van der Waals surface area contributed by atoms with Gasteiger partial charge in [0.2, 0.25) is 0 Å². The number of carbonyl (C=O) groups is 1. The van der Waals surface area contributed by atoms with Crippen LogP contribution in [-0.4, -0.2) is 26.7 Å². The maximum atomic E-state index is 13.0. The van der Waals surface area contributed by atoms with Crippen LogP contribution in [0.1, 0.15) is 35.2 Å². The smallest absolute Gasteiger partial charge is 0.258 e. The van der Waals surface area contributed by atoms with Crippen LogP contribution in [0.3, 0.4) is 0 Å². The number of ether oxygens (including phenoxy) is 2. The van der Waals surface area contributed by atoms with Crippen molar-refractivity contribution in [2.75, 3.05) is 25.7 Å². The van der Waals surface area contributed by atoms with Crippen molar-refractivity contribution < 1.29 is 14.3 Å². The first-order chi connectivity index (χ1) is 11.2. The summed E-state index contributed by atoms with van der Waals surface area (Å²) in [5, 5.41) is 0. The molecule has 0 radical (unpaired) electrons. The predicted octanol–water partition coefficient (Wildman–Crippen LogP) is 3.86. The zero-order valence-electron chi connectivity index (χ0n) is 13.7. The Morgan fingerprint density at radius 3 is 2.57 bits per heavy atom. The second-order valence-corrected chi connectivity index (χ2v) is 5.78. The highest BCUT2D eigenvalue weighted by atomic mass is 16.5. The van der Waals surface area contributed by atoms with Crippen molar-refractivity contribution >= 4 is 11.6 Å². The van der Waals surface area contributed by atoms with E-state index in [1.54, 1.807) is 32.4 Å². The molecular weight excluding hydrogens is 290 g/mol. The van der Waals surface area contributed by atoms with E-state index in [4.69, 9.17) is 9.47 Å². The molecule has 0 fully saturated rings. The highest BCUT2D eigenvalue weighted by Crippen LogP contribution is 2.36. The van der Waals surface area contributed by atoms with Gasteiger partial charge in [-0.05, 0) is 42.2 Å². The molecule has 0 saturated heterocycles. The SMILES string of the molecule is COc1ccc(C(=O)N2CCC(C)c3ccccc32)cc1OC. The Morgan fingerprint density at radius 2 is 1.83 bits per heavy atom. The lowest BCUT2D eigenvalue weighted by Crippen LogP contribution is -2.36. The van der Waals surface area contributed by atoms with Crippen molar-refractivity contribution in [3.05, 3.63) is 53.6 Å². The Labute approximate surface area is 136 Å². The molecule has 0 bridgehead atoms. The van der Waals surface area contributed by atoms with E-state index in [9.17, 15) is 4.79 Å². The third-order valence-electron chi connectivity index (χ3n) is 4.42. The minimum atomic E-state index is -0.00898. The Hall–Kier alpha value is -2.49. The molecule has 4 heteroatoms. The first-order valence-electron chi connectivity index (χ1n) is 7.78. The number of amides is 1. The van der Waals surface area contributed by atoms with Gasteiger partial charge in [-0.1, -0.05) is 25.1 Å². The van der Waals surface area contributed by atoms with Crippen molar-refractivity contribution in [2.45, 2.75) is 19.3 Å². The molecule has 1 amide bonds. The lowest BCUT2D eigenvalue weighted by Gasteiger charge is -2.33. The number of fused-ring (bicyclic) bond motifs is 1. The molecule has 0 aromatic heterocycles. The summed E-state index contributed by atoms with van der Waals surface area (Å²) in [5.74, 6) is 1.65. The molecule has 2 aromatic carbocycles. The van der Waals surface area contributed by atoms with E-state index in [0.717, 1.165) is 18.7 Å². The van der Waals surface area contributed by atoms with E-state index < -0.39 is 0 Å². The number of rotatable bonds is 3. The average Bonchev–Trinajstić information content (AvgIpc) is 2.61. The van der Waals surface area contributed by atoms with Crippen LogP contribution < -0.4 is 14.4 Å². The number of nitrogens with zero attached hydrogens (tertiary/aromatic N) is 1. The van der Waals surface area contributed by atoms with E-state index in [1.807, 2.05) is 23.1 Å². The third-order valence-corrected chi connectivity index (χ3v) is 4.42. The highest BCUT2D eigenvalue weighted by Gasteiger charge is 2.27. The molecule has 0 aliphatic carbocycles. The molecule has 0 saturated carbocycles. The summed E-state index contributed by atoms with van der Waals surface area (Å²) in [7, 11) is 3.16. The number of methoxy groups -OCH3 is 2. The molecule has 1 heterocycles. The highest BCUT2D eigenvalue weighted by molar-refractivity contribution is 6.07. The van der Waals surface area contributed by atoms with Gasteiger partial charge in [-0.25, -0.2) is 0 Å². The van der Waals surface area contributed by atoms with Crippen LogP contribution in [0.15, 0.2) is 42.5 Å². The fraction of sp³-hybridized carbons (Fsp3) is 0.316. The topological polar surface area (TPSA) is 38.8 Å². The molecule has 1 aliphatic heterocycles. The van der Waals surface area contributed by atoms with Crippen LogP contribution in [0.25, 0.3) is 0 Å². The molecule has 0 spiro atoms. The van der Waals surface area contributed by atoms with Crippen molar-refractivity contribution in [3.8, 4) is 11.5 Å². The molecule has 4 nitrogen and oxygen atoms in total. The number of benzene rings is 2. The van der Waals surface area contributed by atoms with Crippen LogP contribution >= 0.6 is 0 Å². The van der Waals surface area contributed by atoms with E-state index in [0.29, 0.717) is 23.0 Å². The lowest BCUT2D eigenvalue weighted by atomic mass is 9.91. The fourth-order valence-electron chi connectivity index (χ4n) is 3.08.